The van der Waals surface area contributed by atoms with E-state index in [2.05, 4.69) is 5.32 Å². The van der Waals surface area contributed by atoms with Crippen molar-refractivity contribution in [3.05, 3.63) is 30.3 Å². The molecule has 2 N–H and O–H groups in total. The minimum Gasteiger partial charge on any atom is -0.479 e. The summed E-state index contributed by atoms with van der Waals surface area (Å²) in [6.45, 7) is 1.03. The second-order valence-electron chi connectivity index (χ2n) is 3.98. The highest BCUT2D eigenvalue weighted by Gasteiger charge is 2.40. The molecule has 1 aliphatic heterocycles. The summed E-state index contributed by atoms with van der Waals surface area (Å²) in [6.07, 6.45) is 0. The largest absolute Gasteiger partial charge is 0.479 e. The van der Waals surface area contributed by atoms with Gasteiger partial charge < -0.3 is 19.9 Å². The Morgan fingerprint density at radius 2 is 1.76 bits per heavy atom. The number of hydrogen-bond acceptors (Lipinski definition) is 4. The van der Waals surface area contributed by atoms with Gasteiger partial charge in [0.25, 0.3) is 0 Å². The van der Waals surface area contributed by atoms with Crippen molar-refractivity contribution in [1.29, 1.82) is 0 Å². The molecule has 5 heteroatoms. The number of rotatable bonds is 3. The first-order valence-corrected chi connectivity index (χ1v) is 5.45. The Morgan fingerprint density at radius 1 is 1.18 bits per heavy atom. The minimum absolute atomic E-state index is 0.0945. The molecule has 0 aliphatic carbocycles. The third kappa shape index (κ3) is 2.75. The number of carboxylic acids is 1. The Bertz CT molecular complexity index is 371. The molecule has 1 aromatic rings. The lowest BCUT2D eigenvalue weighted by Gasteiger charge is -2.28. The van der Waals surface area contributed by atoms with Crippen molar-refractivity contribution >= 4 is 11.7 Å². The fourth-order valence-corrected chi connectivity index (χ4v) is 1.70. The van der Waals surface area contributed by atoms with E-state index >= 15 is 0 Å². The molecule has 1 saturated heterocycles. The molecule has 0 saturated carbocycles. The van der Waals surface area contributed by atoms with Crippen LogP contribution in [0.3, 0.4) is 0 Å². The van der Waals surface area contributed by atoms with E-state index in [9.17, 15) is 9.90 Å². The van der Waals surface area contributed by atoms with E-state index in [1.54, 1.807) is 0 Å². The smallest absolute Gasteiger partial charge is 0.334 e. The number of carbonyl (C=O) groups is 1. The highest BCUT2D eigenvalue weighted by Crippen LogP contribution is 2.18. The predicted octanol–water partition coefficient (Wildman–Crippen LogP) is 0.969. The predicted molar refractivity (Wildman–Crippen MR) is 62.1 cm³/mol. The van der Waals surface area contributed by atoms with Crippen molar-refractivity contribution in [2.45, 2.75) is 5.54 Å². The van der Waals surface area contributed by atoms with Gasteiger partial charge in [-0.1, -0.05) is 18.2 Å². The highest BCUT2D eigenvalue weighted by molar-refractivity contribution is 5.83. The average Bonchev–Trinajstić information content (AvgIpc) is 2.57. The fourth-order valence-electron chi connectivity index (χ4n) is 1.70. The van der Waals surface area contributed by atoms with Gasteiger partial charge in [0, 0.05) is 5.69 Å². The van der Waals surface area contributed by atoms with Crippen LogP contribution in [0.25, 0.3) is 0 Å². The molecule has 1 heterocycles. The van der Waals surface area contributed by atoms with E-state index < -0.39 is 11.5 Å². The molecule has 1 aromatic carbocycles. The fraction of sp³-hybridized carbons (Fsp3) is 0.417. The number of aliphatic carboxylic acids is 1. The molecule has 0 spiro atoms. The summed E-state index contributed by atoms with van der Waals surface area (Å²) in [5, 5.41) is 12.3. The standard InChI is InChI=1S/C12H15NO4/c14-11(15)12(8-16-6-7-17-9-12)13-10-4-2-1-3-5-10/h1-5,13H,6-9H2,(H,14,15). The molecule has 17 heavy (non-hydrogen) atoms. The third-order valence-electron chi connectivity index (χ3n) is 2.64. The number of anilines is 1. The zero-order valence-corrected chi connectivity index (χ0v) is 9.39. The maximum Gasteiger partial charge on any atom is 0.334 e. The second-order valence-corrected chi connectivity index (χ2v) is 3.98. The molecule has 2 rings (SSSR count). The lowest BCUT2D eigenvalue weighted by molar-refractivity contribution is -0.145. The molecule has 0 aromatic heterocycles. The third-order valence-corrected chi connectivity index (χ3v) is 2.64. The summed E-state index contributed by atoms with van der Waals surface area (Å²) >= 11 is 0. The molecule has 0 radical (unpaired) electrons. The summed E-state index contributed by atoms with van der Waals surface area (Å²) in [7, 11) is 0. The highest BCUT2D eigenvalue weighted by atomic mass is 16.5. The maximum atomic E-state index is 11.4. The van der Waals surface area contributed by atoms with Crippen LogP contribution in [0.2, 0.25) is 0 Å². The van der Waals surface area contributed by atoms with Crippen LogP contribution in [0, 0.1) is 0 Å². The molecule has 0 amide bonds. The number of carboxylic acid groups (broad SMARTS) is 1. The zero-order chi connectivity index (χ0) is 12.1. The van der Waals surface area contributed by atoms with Crippen LogP contribution in [0.4, 0.5) is 5.69 Å². The average molecular weight is 237 g/mol. The van der Waals surface area contributed by atoms with Gasteiger partial charge in [-0.05, 0) is 12.1 Å². The minimum atomic E-state index is -1.21. The van der Waals surface area contributed by atoms with Crippen LogP contribution in [0.5, 0.6) is 0 Å². The first-order chi connectivity index (χ1) is 8.23. The molecule has 1 fully saturated rings. The molecular formula is C12H15NO4. The quantitative estimate of drug-likeness (QED) is 0.819. The summed E-state index contributed by atoms with van der Waals surface area (Å²) < 4.78 is 10.6. The van der Waals surface area contributed by atoms with Crippen LogP contribution < -0.4 is 5.32 Å². The summed E-state index contributed by atoms with van der Waals surface area (Å²) in [4.78, 5) is 11.4. The van der Waals surface area contributed by atoms with Crippen molar-refractivity contribution in [1.82, 2.24) is 0 Å². The summed E-state index contributed by atoms with van der Waals surface area (Å²) in [5.41, 5.74) is -0.471. The Morgan fingerprint density at radius 3 is 2.29 bits per heavy atom. The molecule has 5 nitrogen and oxygen atoms in total. The van der Waals surface area contributed by atoms with E-state index in [4.69, 9.17) is 9.47 Å². The molecule has 92 valence electrons. The lowest BCUT2D eigenvalue weighted by atomic mass is 10.0. The summed E-state index contributed by atoms with van der Waals surface area (Å²) in [6, 6.07) is 9.19. The first-order valence-electron chi connectivity index (χ1n) is 5.45. The number of para-hydroxylation sites is 1. The van der Waals surface area contributed by atoms with Crippen LogP contribution in [-0.2, 0) is 14.3 Å². The van der Waals surface area contributed by atoms with E-state index in [-0.39, 0.29) is 13.2 Å². The normalized spacial score (nSPS) is 19.3. The van der Waals surface area contributed by atoms with Gasteiger partial charge in [-0.25, -0.2) is 4.79 Å². The van der Waals surface area contributed by atoms with Crippen LogP contribution in [0.15, 0.2) is 30.3 Å². The van der Waals surface area contributed by atoms with Gasteiger partial charge in [-0.2, -0.15) is 0 Å². The van der Waals surface area contributed by atoms with Crippen molar-refractivity contribution in [2.24, 2.45) is 0 Å². The Balaban J connectivity index is 2.19. The Hall–Kier alpha value is -1.59. The lowest BCUT2D eigenvalue weighted by Crippen LogP contribution is -2.53. The SMILES string of the molecule is O=C(O)C1(Nc2ccccc2)COCCOC1. The van der Waals surface area contributed by atoms with E-state index in [0.717, 1.165) is 5.69 Å². The zero-order valence-electron chi connectivity index (χ0n) is 9.39. The van der Waals surface area contributed by atoms with E-state index in [1.807, 2.05) is 30.3 Å². The van der Waals surface area contributed by atoms with Crippen LogP contribution in [-0.4, -0.2) is 43.0 Å². The van der Waals surface area contributed by atoms with Gasteiger partial charge in [0.1, 0.15) is 0 Å². The molecular weight excluding hydrogens is 222 g/mol. The molecule has 1 aliphatic rings. The van der Waals surface area contributed by atoms with Gasteiger partial charge in [-0.15, -0.1) is 0 Å². The van der Waals surface area contributed by atoms with Crippen molar-refractivity contribution in [3.8, 4) is 0 Å². The van der Waals surface area contributed by atoms with E-state index in [1.165, 1.54) is 0 Å². The Labute approximate surface area is 99.3 Å². The van der Waals surface area contributed by atoms with Crippen molar-refractivity contribution in [2.75, 3.05) is 31.7 Å². The van der Waals surface area contributed by atoms with Crippen molar-refractivity contribution in [3.63, 3.8) is 0 Å². The van der Waals surface area contributed by atoms with Crippen LogP contribution >= 0.6 is 0 Å². The van der Waals surface area contributed by atoms with Gasteiger partial charge in [0.05, 0.1) is 26.4 Å². The monoisotopic (exact) mass is 237 g/mol. The van der Waals surface area contributed by atoms with Gasteiger partial charge in [0.15, 0.2) is 5.54 Å². The van der Waals surface area contributed by atoms with Gasteiger partial charge in [-0.3, -0.25) is 0 Å². The number of ether oxygens (including phenoxy) is 2. The molecule has 0 bridgehead atoms. The number of hydrogen-bond donors (Lipinski definition) is 2. The first kappa shape index (κ1) is 11.9. The van der Waals surface area contributed by atoms with Crippen molar-refractivity contribution < 1.29 is 19.4 Å². The summed E-state index contributed by atoms with van der Waals surface area (Å²) in [5.74, 6) is -0.969. The van der Waals surface area contributed by atoms with E-state index in [0.29, 0.717) is 13.2 Å². The molecule has 0 atom stereocenters. The maximum absolute atomic E-state index is 11.4. The van der Waals surface area contributed by atoms with Gasteiger partial charge >= 0.3 is 5.97 Å². The number of nitrogens with one attached hydrogen (secondary N) is 1. The number of benzene rings is 1. The molecule has 0 unspecified atom stereocenters. The topological polar surface area (TPSA) is 67.8 Å². The van der Waals surface area contributed by atoms with Crippen LogP contribution in [0.1, 0.15) is 0 Å². The van der Waals surface area contributed by atoms with Gasteiger partial charge in [0.2, 0.25) is 0 Å². The Kier molecular flexibility index (Phi) is 3.61. The second kappa shape index (κ2) is 5.16.